The van der Waals surface area contributed by atoms with E-state index < -0.39 is 17.2 Å². The van der Waals surface area contributed by atoms with Gasteiger partial charge >= 0.3 is 0 Å². The maximum atomic E-state index is 15.2. The summed E-state index contributed by atoms with van der Waals surface area (Å²) in [6.45, 7) is 5.51. The molecule has 10 heteroatoms. The fourth-order valence-electron chi connectivity index (χ4n) is 5.45. The molecule has 1 amide bonds. The van der Waals surface area contributed by atoms with E-state index >= 15 is 4.39 Å². The minimum atomic E-state index is -2.73. The molecule has 1 fully saturated rings. The Labute approximate surface area is 230 Å². The van der Waals surface area contributed by atoms with Crippen molar-refractivity contribution in [1.82, 2.24) is 14.5 Å². The standard InChI is InChI=1S/C30H31F3N6O/c1-19(34)39-24-11-5-9-22(31)25(24)26(36-28(39)35)38-16-6-8-21-20(7-4-10-23(21)38)12-13-29(2,3)27(40)37-17-14-30(32,33)15-18-37/h4-5,7,9-11,34-35H,6,8,14-18H2,1-3H3. The van der Waals surface area contributed by atoms with Crippen molar-refractivity contribution in [3.63, 3.8) is 0 Å². The highest BCUT2D eigenvalue weighted by Gasteiger charge is 2.39. The van der Waals surface area contributed by atoms with Gasteiger partial charge < -0.3 is 9.80 Å². The fourth-order valence-corrected chi connectivity index (χ4v) is 5.45. The molecule has 0 radical (unpaired) electrons. The molecule has 0 spiro atoms. The molecule has 5 rings (SSSR count). The molecule has 40 heavy (non-hydrogen) atoms. The number of carbonyl (C=O) groups excluding carboxylic acids is 1. The van der Waals surface area contributed by atoms with Crippen LogP contribution >= 0.6 is 0 Å². The van der Waals surface area contributed by atoms with Crippen LogP contribution in [-0.2, 0) is 11.2 Å². The number of nitrogens with zero attached hydrogens (tertiary/aromatic N) is 4. The summed E-state index contributed by atoms with van der Waals surface area (Å²) in [7, 11) is 0. The van der Waals surface area contributed by atoms with Gasteiger partial charge in [0.1, 0.15) is 22.9 Å². The van der Waals surface area contributed by atoms with Crippen molar-refractivity contribution in [3.8, 4) is 11.8 Å². The minimum absolute atomic E-state index is 0.0106. The molecular weight excluding hydrogens is 517 g/mol. The van der Waals surface area contributed by atoms with Crippen LogP contribution in [0.4, 0.5) is 24.7 Å². The lowest BCUT2D eigenvalue weighted by Crippen LogP contribution is -2.47. The Morgan fingerprint density at radius 3 is 2.50 bits per heavy atom. The highest BCUT2D eigenvalue weighted by molar-refractivity contribution is 5.98. The second-order valence-corrected chi connectivity index (χ2v) is 10.9. The minimum Gasteiger partial charge on any atom is -0.341 e. The molecule has 2 aliphatic rings. The van der Waals surface area contributed by atoms with E-state index in [2.05, 4.69) is 16.8 Å². The zero-order valence-corrected chi connectivity index (χ0v) is 22.7. The van der Waals surface area contributed by atoms with E-state index in [-0.39, 0.29) is 48.7 Å². The summed E-state index contributed by atoms with van der Waals surface area (Å²) < 4.78 is 43.7. The van der Waals surface area contributed by atoms with E-state index in [4.69, 9.17) is 10.8 Å². The van der Waals surface area contributed by atoms with Crippen molar-refractivity contribution < 1.29 is 18.0 Å². The van der Waals surface area contributed by atoms with Crippen molar-refractivity contribution in [2.45, 2.75) is 52.4 Å². The number of fused-ring (bicyclic) bond motifs is 2. The number of aromatic nitrogens is 2. The van der Waals surface area contributed by atoms with Crippen LogP contribution in [0.2, 0.25) is 0 Å². The third-order valence-corrected chi connectivity index (χ3v) is 7.55. The quantitative estimate of drug-likeness (QED) is 0.262. The molecule has 2 N–H and O–H groups in total. The van der Waals surface area contributed by atoms with Crippen molar-refractivity contribution in [1.29, 1.82) is 10.8 Å². The Morgan fingerprint density at radius 2 is 1.80 bits per heavy atom. The summed E-state index contributed by atoms with van der Waals surface area (Å²) >= 11 is 0. The third kappa shape index (κ3) is 4.96. The fraction of sp³-hybridized carbons (Fsp3) is 0.400. The van der Waals surface area contributed by atoms with Crippen LogP contribution in [0.3, 0.4) is 0 Å². The van der Waals surface area contributed by atoms with E-state index in [1.54, 1.807) is 26.0 Å². The maximum absolute atomic E-state index is 15.2. The van der Waals surface area contributed by atoms with Crippen LogP contribution in [0.1, 0.15) is 51.2 Å². The lowest BCUT2D eigenvalue weighted by atomic mass is 9.89. The highest BCUT2D eigenvalue weighted by Crippen LogP contribution is 2.38. The molecule has 2 aromatic carbocycles. The largest absolute Gasteiger partial charge is 0.341 e. The summed E-state index contributed by atoms with van der Waals surface area (Å²) in [5.41, 5.74) is 1.61. The van der Waals surface area contributed by atoms with Gasteiger partial charge in [0.15, 0.2) is 0 Å². The van der Waals surface area contributed by atoms with Gasteiger partial charge in [-0.15, -0.1) is 0 Å². The Kier molecular flexibility index (Phi) is 6.94. The van der Waals surface area contributed by atoms with Gasteiger partial charge in [0.05, 0.1) is 10.9 Å². The summed E-state index contributed by atoms with van der Waals surface area (Å²) in [5, 5.41) is 16.8. The summed E-state index contributed by atoms with van der Waals surface area (Å²) in [6.07, 6.45) is 0.769. The average Bonchev–Trinajstić information content (AvgIpc) is 2.90. The molecule has 0 bridgehead atoms. The molecule has 0 aliphatic carbocycles. The van der Waals surface area contributed by atoms with Crippen molar-refractivity contribution in [2.75, 3.05) is 24.5 Å². The van der Waals surface area contributed by atoms with E-state index in [0.717, 1.165) is 23.2 Å². The number of hydrogen-bond donors (Lipinski definition) is 2. The monoisotopic (exact) mass is 548 g/mol. The second kappa shape index (κ2) is 10.1. The second-order valence-electron chi connectivity index (χ2n) is 10.9. The Morgan fingerprint density at radius 1 is 1.10 bits per heavy atom. The first-order valence-electron chi connectivity index (χ1n) is 13.3. The van der Waals surface area contributed by atoms with Gasteiger partial charge in [0, 0.05) is 43.7 Å². The normalized spacial score (nSPS) is 16.8. The van der Waals surface area contributed by atoms with Gasteiger partial charge in [-0.05, 0) is 63.4 Å². The SMILES string of the molecule is CC(=N)n1c(=N)nc(N2CCCc3c(C#CC(C)(C)C(=O)N4CCC(F)(F)CC4)cccc32)c2c(F)cccc21. The van der Waals surface area contributed by atoms with Crippen LogP contribution in [0.5, 0.6) is 0 Å². The Bertz CT molecular complexity index is 1640. The molecule has 208 valence electrons. The highest BCUT2D eigenvalue weighted by atomic mass is 19.3. The first-order chi connectivity index (χ1) is 18.9. The predicted molar refractivity (Wildman–Crippen MR) is 148 cm³/mol. The van der Waals surface area contributed by atoms with E-state index in [0.29, 0.717) is 24.3 Å². The number of anilines is 2. The Hall–Kier alpha value is -4.13. The average molecular weight is 549 g/mol. The zero-order chi connectivity index (χ0) is 28.8. The van der Waals surface area contributed by atoms with E-state index in [9.17, 15) is 13.6 Å². The number of carbonyl (C=O) groups is 1. The molecule has 0 unspecified atom stereocenters. The number of amides is 1. The van der Waals surface area contributed by atoms with Crippen molar-refractivity contribution in [2.24, 2.45) is 5.41 Å². The molecule has 0 saturated carbocycles. The molecule has 3 aromatic rings. The topological polar surface area (TPSA) is 89.1 Å². The zero-order valence-electron chi connectivity index (χ0n) is 22.7. The van der Waals surface area contributed by atoms with Gasteiger partial charge in [-0.3, -0.25) is 20.2 Å². The molecule has 0 atom stereocenters. The summed E-state index contributed by atoms with van der Waals surface area (Å²) in [4.78, 5) is 20.9. The van der Waals surface area contributed by atoms with Crippen LogP contribution in [-0.4, -0.2) is 51.8 Å². The molecule has 1 saturated heterocycles. The van der Waals surface area contributed by atoms with Crippen LogP contribution in [0.15, 0.2) is 36.4 Å². The summed E-state index contributed by atoms with van der Waals surface area (Å²) in [6, 6.07) is 10.2. The first-order valence-corrected chi connectivity index (χ1v) is 13.3. The van der Waals surface area contributed by atoms with Crippen LogP contribution in [0.25, 0.3) is 10.9 Å². The lowest BCUT2D eigenvalue weighted by Gasteiger charge is -2.35. The number of hydrogen-bond acceptors (Lipinski definition) is 5. The number of benzene rings is 2. The van der Waals surface area contributed by atoms with Gasteiger partial charge in [-0.2, -0.15) is 4.98 Å². The molecular formula is C30H31F3N6O. The smallest absolute Gasteiger partial charge is 0.251 e. The van der Waals surface area contributed by atoms with Crippen LogP contribution in [0, 0.1) is 33.9 Å². The molecule has 7 nitrogen and oxygen atoms in total. The number of alkyl halides is 2. The van der Waals surface area contributed by atoms with Gasteiger partial charge in [0.2, 0.25) is 11.5 Å². The number of halogens is 3. The first kappa shape index (κ1) is 27.4. The number of nitrogens with one attached hydrogen (secondary N) is 2. The van der Waals surface area contributed by atoms with Gasteiger partial charge in [-0.1, -0.05) is 24.0 Å². The number of likely N-dealkylation sites (tertiary alicyclic amines) is 1. The van der Waals surface area contributed by atoms with Gasteiger partial charge in [0.25, 0.3) is 5.92 Å². The van der Waals surface area contributed by atoms with E-state index in [1.165, 1.54) is 22.5 Å². The lowest BCUT2D eigenvalue weighted by molar-refractivity contribution is -0.143. The summed E-state index contributed by atoms with van der Waals surface area (Å²) in [5.74, 6) is 3.13. The predicted octanol–water partition coefficient (Wildman–Crippen LogP) is 5.22. The molecule has 2 aliphatic heterocycles. The Balaban J connectivity index is 1.53. The molecule has 1 aromatic heterocycles. The van der Waals surface area contributed by atoms with Gasteiger partial charge in [-0.25, -0.2) is 13.2 Å². The number of piperidine rings is 1. The number of rotatable bonds is 2. The van der Waals surface area contributed by atoms with Crippen molar-refractivity contribution >= 4 is 34.2 Å². The van der Waals surface area contributed by atoms with Crippen molar-refractivity contribution in [3.05, 3.63) is 59.0 Å². The third-order valence-electron chi connectivity index (χ3n) is 7.55. The van der Waals surface area contributed by atoms with E-state index in [1.807, 2.05) is 23.1 Å². The maximum Gasteiger partial charge on any atom is 0.251 e. The van der Waals surface area contributed by atoms with Crippen LogP contribution < -0.4 is 10.5 Å². The molecule has 3 heterocycles.